The number of nitrogens with zero attached hydrogens (tertiary/aromatic N) is 6. The smallest absolute Gasteiger partial charge is 0.410 e. The van der Waals surface area contributed by atoms with Crippen LogP contribution in [0, 0.1) is 23.7 Å². The number of rotatable bonds is 6. The van der Waals surface area contributed by atoms with Crippen LogP contribution in [0.25, 0.3) is 44.6 Å². The topological polar surface area (TPSA) is 186 Å². The Labute approximate surface area is 456 Å². The van der Waals surface area contributed by atoms with Crippen molar-refractivity contribution < 1.29 is 19.1 Å². The second kappa shape index (κ2) is 22.1. The monoisotopic (exact) mass is 1040 g/mol. The summed E-state index contributed by atoms with van der Waals surface area (Å²) in [4.78, 5) is 61.7. The highest BCUT2D eigenvalue weighted by Gasteiger charge is 2.36. The molecule has 0 radical (unpaired) electrons. The third-order valence-corrected chi connectivity index (χ3v) is 14.8. The van der Waals surface area contributed by atoms with Gasteiger partial charge in [0.1, 0.15) is 34.5 Å². The van der Waals surface area contributed by atoms with E-state index in [1.807, 2.05) is 96.4 Å². The first-order valence-corrected chi connectivity index (χ1v) is 27.7. The van der Waals surface area contributed by atoms with Crippen molar-refractivity contribution in [3.05, 3.63) is 143 Å². The number of hydrogen-bond acceptors (Lipinski definition) is 9. The molecule has 4 fully saturated rings. The summed E-state index contributed by atoms with van der Waals surface area (Å²) in [5.74, 6) is 17.4. The maximum absolute atomic E-state index is 12.8. The molecule has 3 atom stereocenters. The van der Waals surface area contributed by atoms with E-state index in [-0.39, 0.29) is 24.3 Å². The number of hydrogen-bond donors (Lipinski definition) is 5. The van der Waals surface area contributed by atoms with Crippen molar-refractivity contribution >= 4 is 34.3 Å². The molecule has 4 aromatic heterocycles. The molecule has 0 spiro atoms. The third kappa shape index (κ3) is 12.2. The van der Waals surface area contributed by atoms with Gasteiger partial charge in [-0.1, -0.05) is 60.8 Å². The maximum Gasteiger partial charge on any atom is 0.410 e. The summed E-state index contributed by atoms with van der Waals surface area (Å²) in [6, 6.07) is 28.6. The third-order valence-electron chi connectivity index (χ3n) is 14.8. The van der Waals surface area contributed by atoms with Gasteiger partial charge in [0.15, 0.2) is 0 Å². The number of imidazole rings is 4. The zero-order chi connectivity index (χ0) is 54.0. The highest BCUT2D eigenvalue weighted by molar-refractivity contribution is 5.79. The number of fused-ring (bicyclic) bond motifs is 2. The molecule has 1 aliphatic carbocycles. The molecule has 4 aliphatic rings. The molecule has 15 heteroatoms. The molecule has 400 valence electrons. The van der Waals surface area contributed by atoms with Gasteiger partial charge in [0.25, 0.3) is 0 Å². The molecule has 3 saturated heterocycles. The first-order chi connectivity index (χ1) is 37.6. The van der Waals surface area contributed by atoms with E-state index in [2.05, 4.69) is 101 Å². The molecule has 4 aromatic carbocycles. The van der Waals surface area contributed by atoms with Crippen LogP contribution in [-0.2, 0) is 9.47 Å². The Morgan fingerprint density at radius 3 is 1.49 bits per heavy atom. The highest BCUT2D eigenvalue weighted by atomic mass is 16.6. The fourth-order valence-corrected chi connectivity index (χ4v) is 10.9. The average molecular weight is 1040 g/mol. The van der Waals surface area contributed by atoms with Crippen LogP contribution in [0.1, 0.15) is 175 Å². The van der Waals surface area contributed by atoms with Crippen LogP contribution in [0.15, 0.2) is 97.3 Å². The van der Waals surface area contributed by atoms with Gasteiger partial charge in [0, 0.05) is 41.3 Å². The van der Waals surface area contributed by atoms with Gasteiger partial charge in [0.05, 0.1) is 64.0 Å². The van der Waals surface area contributed by atoms with Crippen LogP contribution in [0.2, 0.25) is 0 Å². The van der Waals surface area contributed by atoms with Crippen molar-refractivity contribution in [3.63, 3.8) is 0 Å². The number of carbonyl (C=O) groups is 2. The molecule has 0 bridgehead atoms. The SMILES string of the molecule is C(#Cc1ccc2nc(C3CCCC3)[nH]c2c1)c1ccc(-c2cnc(C3CCCN3)[nH]2)cc1.CC(C)(C)OC(=O)N1CCCC1c1ncc(-c2ccc(C#Cc3ccc4nc(C5CCCN5C(=O)OC(C)(C)C)[nH]c4c3)cc2)[nH]1. The van der Waals surface area contributed by atoms with Gasteiger partial charge in [-0.3, -0.25) is 9.80 Å². The summed E-state index contributed by atoms with van der Waals surface area (Å²) in [7, 11) is 0. The number of H-pyrrole nitrogens is 4. The number of likely N-dealkylation sites (tertiary alicyclic amines) is 2. The predicted molar refractivity (Wildman–Crippen MR) is 303 cm³/mol. The molecule has 78 heavy (non-hydrogen) atoms. The number of carbonyl (C=O) groups excluding carboxylic acids is 2. The number of aromatic amines is 4. The number of benzene rings is 4. The van der Waals surface area contributed by atoms with E-state index >= 15 is 0 Å². The summed E-state index contributed by atoms with van der Waals surface area (Å²) < 4.78 is 11.2. The summed E-state index contributed by atoms with van der Waals surface area (Å²) >= 11 is 0. The molecule has 5 N–H and O–H groups in total. The van der Waals surface area contributed by atoms with Gasteiger partial charge in [-0.15, -0.1) is 0 Å². The fraction of sp³-hybridized carbons (Fsp3) is 0.397. The summed E-state index contributed by atoms with van der Waals surface area (Å²) in [6.07, 6.45) is 14.1. The molecule has 1 saturated carbocycles. The molecule has 12 rings (SSSR count). The second-order valence-electron chi connectivity index (χ2n) is 23.0. The van der Waals surface area contributed by atoms with Crippen molar-refractivity contribution in [2.24, 2.45) is 0 Å². The van der Waals surface area contributed by atoms with Crippen LogP contribution < -0.4 is 5.32 Å². The van der Waals surface area contributed by atoms with Crippen molar-refractivity contribution in [2.45, 2.75) is 141 Å². The number of amides is 2. The van der Waals surface area contributed by atoms with Gasteiger partial charge >= 0.3 is 12.2 Å². The normalized spacial score (nSPS) is 18.6. The standard InChI is InChI=1S/C36H42N6O4.C27H27N5/c1-35(2,3)45-33(43)41-19-7-9-29(41)31-37-22-28(40-31)25-16-13-23(14-17-25)11-12-24-15-18-26-27(21-24)39-32(38-26)30-10-8-20-42(30)34(44)46-36(4,5)6;1-2-5-21(4-1)26-30-22-14-11-19(16-24(22)31-26)8-7-18-9-12-20(13-10-18)25-17-29-27(32-25)23-6-3-15-28-23/h13-18,21-22,29-30H,7-10,19-20H2,1-6H3,(H,37,40)(H,38,39);9-14,16-17,21,23,28H,1-6,15H2,(H,29,32)(H,30,31). The largest absolute Gasteiger partial charge is 0.444 e. The van der Waals surface area contributed by atoms with E-state index in [1.54, 1.807) is 9.80 Å². The Morgan fingerprint density at radius 1 is 0.513 bits per heavy atom. The lowest BCUT2D eigenvalue weighted by Crippen LogP contribution is -2.36. The predicted octanol–water partition coefficient (Wildman–Crippen LogP) is 12.9. The van der Waals surface area contributed by atoms with Crippen molar-refractivity contribution in [1.82, 2.24) is 55.0 Å². The number of ether oxygens (including phenoxy) is 2. The van der Waals surface area contributed by atoms with Gasteiger partial charge in [-0.2, -0.15) is 0 Å². The molecular formula is C63H69N11O4. The average Bonchev–Trinajstić information content (AvgIpc) is 4.28. The molecule has 15 nitrogen and oxygen atoms in total. The summed E-state index contributed by atoms with van der Waals surface area (Å²) in [5.41, 5.74) is 10.6. The van der Waals surface area contributed by atoms with Crippen LogP contribution in [0.4, 0.5) is 9.59 Å². The van der Waals surface area contributed by atoms with Gasteiger partial charge < -0.3 is 34.7 Å². The minimum atomic E-state index is -0.545. The Balaban J connectivity index is 0.000000176. The van der Waals surface area contributed by atoms with Gasteiger partial charge in [-0.05, 0) is 171 Å². The van der Waals surface area contributed by atoms with Crippen LogP contribution in [0.5, 0.6) is 0 Å². The van der Waals surface area contributed by atoms with Gasteiger partial charge in [-0.25, -0.2) is 29.5 Å². The maximum atomic E-state index is 12.8. The second-order valence-corrected chi connectivity index (χ2v) is 23.0. The van der Waals surface area contributed by atoms with Crippen molar-refractivity contribution in [1.29, 1.82) is 0 Å². The minimum absolute atomic E-state index is 0.126. The lowest BCUT2D eigenvalue weighted by atomic mass is 10.1. The van der Waals surface area contributed by atoms with E-state index in [0.717, 1.165) is 129 Å². The summed E-state index contributed by atoms with van der Waals surface area (Å²) in [6.45, 7) is 13.7. The molecule has 8 aromatic rings. The first kappa shape index (κ1) is 51.9. The molecule has 2 amide bonds. The van der Waals surface area contributed by atoms with Crippen LogP contribution >= 0.6 is 0 Å². The summed E-state index contributed by atoms with van der Waals surface area (Å²) in [5, 5.41) is 3.49. The van der Waals surface area contributed by atoms with E-state index in [4.69, 9.17) is 19.4 Å². The lowest BCUT2D eigenvalue weighted by molar-refractivity contribution is 0.0208. The number of aromatic nitrogens is 8. The molecule has 3 unspecified atom stereocenters. The zero-order valence-electron chi connectivity index (χ0n) is 45.6. The van der Waals surface area contributed by atoms with Crippen molar-refractivity contribution in [3.8, 4) is 46.2 Å². The molecule has 3 aliphatic heterocycles. The quantitative estimate of drug-likeness (QED) is 0.101. The van der Waals surface area contributed by atoms with E-state index in [9.17, 15) is 9.59 Å². The van der Waals surface area contributed by atoms with Crippen molar-refractivity contribution in [2.75, 3.05) is 19.6 Å². The molecule has 7 heterocycles. The minimum Gasteiger partial charge on any atom is -0.444 e. The Morgan fingerprint density at radius 2 is 0.974 bits per heavy atom. The van der Waals surface area contributed by atoms with E-state index < -0.39 is 11.2 Å². The van der Waals surface area contributed by atoms with E-state index in [0.29, 0.717) is 25.0 Å². The van der Waals surface area contributed by atoms with Crippen LogP contribution in [0.3, 0.4) is 0 Å². The zero-order valence-corrected chi connectivity index (χ0v) is 45.6. The Hall–Kier alpha value is -8.14. The number of nitrogens with one attached hydrogen (secondary N) is 5. The Kier molecular flexibility index (Phi) is 14.7. The Bertz CT molecular complexity index is 3560. The first-order valence-electron chi connectivity index (χ1n) is 27.7. The lowest BCUT2D eigenvalue weighted by Gasteiger charge is -2.27. The highest BCUT2D eigenvalue weighted by Crippen LogP contribution is 2.36. The van der Waals surface area contributed by atoms with Crippen LogP contribution in [-0.4, -0.2) is 92.7 Å². The van der Waals surface area contributed by atoms with Gasteiger partial charge in [0.2, 0.25) is 0 Å². The van der Waals surface area contributed by atoms with E-state index in [1.165, 1.54) is 32.1 Å². The fourth-order valence-electron chi connectivity index (χ4n) is 10.9. The molecular weight excluding hydrogens is 975 g/mol.